The summed E-state index contributed by atoms with van der Waals surface area (Å²) < 4.78 is 16.2. The van der Waals surface area contributed by atoms with Gasteiger partial charge in [-0.3, -0.25) is 4.52 Å². The molecular formula is C27H45O4P. The quantitative estimate of drug-likeness (QED) is 0.361. The molecule has 0 bridgehead atoms. The summed E-state index contributed by atoms with van der Waals surface area (Å²) in [5.74, 6) is 3.09. The summed E-state index contributed by atoms with van der Waals surface area (Å²) in [7, 11) is -4.45. The zero-order valence-electron chi connectivity index (χ0n) is 20.7. The van der Waals surface area contributed by atoms with Gasteiger partial charge in [0.05, 0.1) is 6.10 Å². The molecule has 3 fully saturated rings. The van der Waals surface area contributed by atoms with Crippen LogP contribution in [0.3, 0.4) is 0 Å². The van der Waals surface area contributed by atoms with Crippen molar-refractivity contribution in [1.82, 2.24) is 0 Å². The largest absolute Gasteiger partial charge is 0.469 e. The second-order valence-electron chi connectivity index (χ2n) is 11.4. The Morgan fingerprint density at radius 3 is 2.59 bits per heavy atom. The maximum Gasteiger partial charge on any atom is 0.469 e. The Kier molecular flexibility index (Phi) is 8.69. The average Bonchev–Trinajstić information content (AvgIpc) is 3.04. The van der Waals surface area contributed by atoms with E-state index in [1.165, 1.54) is 51.4 Å². The summed E-state index contributed by atoms with van der Waals surface area (Å²) in [5, 5.41) is 0. The summed E-state index contributed by atoms with van der Waals surface area (Å²) in [5.41, 5.74) is 4.16. The molecule has 0 aromatic rings. The van der Waals surface area contributed by atoms with Crippen molar-refractivity contribution in [1.29, 1.82) is 0 Å². The molecule has 0 amide bonds. The lowest BCUT2D eigenvalue weighted by Crippen LogP contribution is -2.36. The van der Waals surface area contributed by atoms with Crippen molar-refractivity contribution in [2.45, 2.75) is 104 Å². The van der Waals surface area contributed by atoms with Crippen molar-refractivity contribution in [2.24, 2.45) is 29.1 Å². The molecule has 0 aromatic carbocycles. The fraction of sp³-hybridized carbons (Fsp3) is 0.778. The van der Waals surface area contributed by atoms with E-state index in [-0.39, 0.29) is 0 Å². The third-order valence-electron chi connectivity index (χ3n) is 8.62. The van der Waals surface area contributed by atoms with Gasteiger partial charge in [-0.2, -0.15) is 0 Å². The number of phosphoric acid groups is 1. The fourth-order valence-corrected chi connectivity index (χ4v) is 7.50. The number of rotatable bonds is 8. The highest BCUT2D eigenvalue weighted by atomic mass is 31.2. The van der Waals surface area contributed by atoms with Crippen molar-refractivity contribution in [2.75, 3.05) is 0 Å². The molecule has 0 saturated heterocycles. The first-order valence-corrected chi connectivity index (χ1v) is 14.3. The van der Waals surface area contributed by atoms with Crippen LogP contribution in [0.15, 0.2) is 35.5 Å². The van der Waals surface area contributed by atoms with Gasteiger partial charge in [-0.05, 0) is 86.0 Å². The van der Waals surface area contributed by atoms with Crippen molar-refractivity contribution in [3.05, 3.63) is 35.5 Å². The number of hydrogen-bond donors (Lipinski definition) is 2. The fourth-order valence-electron chi connectivity index (χ4n) is 6.93. The molecule has 0 spiro atoms. The molecule has 0 aliphatic heterocycles. The summed E-state index contributed by atoms with van der Waals surface area (Å²) in [6.45, 7) is 13.9. The number of allylic oxidation sites excluding steroid dienone is 4. The van der Waals surface area contributed by atoms with Gasteiger partial charge < -0.3 is 9.79 Å². The lowest BCUT2D eigenvalue weighted by Gasteiger charge is -2.44. The van der Waals surface area contributed by atoms with Crippen LogP contribution >= 0.6 is 7.82 Å². The van der Waals surface area contributed by atoms with Crippen molar-refractivity contribution in [3.63, 3.8) is 0 Å². The van der Waals surface area contributed by atoms with Crippen LogP contribution in [0.4, 0.5) is 0 Å². The first-order chi connectivity index (χ1) is 15.0. The Balaban J connectivity index is 1.70. The standard InChI is InChI=1S/C27H45O4P/c1-19(2)8-6-9-21(4)25-15-16-26-22(10-7-17-27(25,26)5)12-13-23-18-24(14-11-20(23)3)31-32(28,29)30/h12-13,19,21,24-26H,3,6-11,14-18H2,1-2,4-5H3,(H2,28,29,30)/b22-12+,23-13-/t21-,24+,25-,26?,27-/m1/s1. The Hall–Kier alpha value is -0.670. The molecule has 32 heavy (non-hydrogen) atoms. The minimum Gasteiger partial charge on any atom is -0.303 e. The molecule has 1 unspecified atom stereocenters. The summed E-state index contributed by atoms with van der Waals surface area (Å²) >= 11 is 0. The lowest BCUT2D eigenvalue weighted by atomic mass is 9.60. The second-order valence-corrected chi connectivity index (χ2v) is 12.6. The number of fused-ring (bicyclic) bond motifs is 1. The molecule has 3 aliphatic rings. The van der Waals surface area contributed by atoms with Crippen molar-refractivity contribution >= 4 is 7.82 Å². The van der Waals surface area contributed by atoms with Gasteiger partial charge in [-0.1, -0.05) is 76.8 Å². The highest BCUT2D eigenvalue weighted by molar-refractivity contribution is 7.46. The summed E-state index contributed by atoms with van der Waals surface area (Å²) in [6.07, 6.45) is 16.4. The van der Waals surface area contributed by atoms with Crippen LogP contribution in [-0.2, 0) is 9.09 Å². The first-order valence-electron chi connectivity index (χ1n) is 12.8. The normalized spacial score (nSPS) is 35.0. The SMILES string of the molecule is C=C1CC[C@H](OP(=O)(O)O)C/C1=C/C=C1\CCC[C@@]2(C)C1CC[C@@H]2[C@H](C)CCCC(C)C. The number of phosphoric ester groups is 1. The molecule has 0 aromatic heterocycles. The monoisotopic (exact) mass is 464 g/mol. The molecule has 3 rings (SSSR count). The van der Waals surface area contributed by atoms with Gasteiger partial charge in [-0.25, -0.2) is 4.57 Å². The van der Waals surface area contributed by atoms with Gasteiger partial charge in [0.1, 0.15) is 0 Å². The smallest absolute Gasteiger partial charge is 0.303 e. The van der Waals surface area contributed by atoms with E-state index >= 15 is 0 Å². The molecule has 5 heteroatoms. The van der Waals surface area contributed by atoms with Gasteiger partial charge in [0, 0.05) is 0 Å². The van der Waals surface area contributed by atoms with E-state index in [1.54, 1.807) is 5.57 Å². The summed E-state index contributed by atoms with van der Waals surface area (Å²) in [4.78, 5) is 18.3. The van der Waals surface area contributed by atoms with Crippen LogP contribution in [0.1, 0.15) is 98.3 Å². The van der Waals surface area contributed by atoms with Gasteiger partial charge >= 0.3 is 7.82 Å². The first kappa shape index (κ1) is 25.9. The van der Waals surface area contributed by atoms with Gasteiger partial charge in [0.15, 0.2) is 0 Å². The van der Waals surface area contributed by atoms with Crippen LogP contribution in [0.25, 0.3) is 0 Å². The predicted octanol–water partition coefficient (Wildman–Crippen LogP) is 7.74. The Labute approximate surface area is 195 Å². The highest BCUT2D eigenvalue weighted by Crippen LogP contribution is 2.60. The van der Waals surface area contributed by atoms with Crippen LogP contribution in [0.2, 0.25) is 0 Å². The zero-order chi connectivity index (χ0) is 23.5. The molecule has 3 saturated carbocycles. The Morgan fingerprint density at radius 2 is 1.91 bits per heavy atom. The van der Waals surface area contributed by atoms with E-state index in [9.17, 15) is 14.4 Å². The van der Waals surface area contributed by atoms with Crippen molar-refractivity contribution in [3.8, 4) is 0 Å². The Bertz CT molecular complexity index is 777. The molecule has 0 radical (unpaired) electrons. The molecule has 5 atom stereocenters. The lowest BCUT2D eigenvalue weighted by molar-refractivity contribution is 0.0928. The highest BCUT2D eigenvalue weighted by Gasteiger charge is 2.50. The molecule has 3 aliphatic carbocycles. The van der Waals surface area contributed by atoms with Gasteiger partial charge in [0.25, 0.3) is 0 Å². The second kappa shape index (κ2) is 10.7. The van der Waals surface area contributed by atoms with E-state index in [1.807, 2.05) is 0 Å². The maximum atomic E-state index is 11.3. The third kappa shape index (κ3) is 6.47. The molecule has 4 nitrogen and oxygen atoms in total. The van der Waals surface area contributed by atoms with E-state index in [0.717, 1.165) is 35.3 Å². The van der Waals surface area contributed by atoms with Crippen LogP contribution < -0.4 is 0 Å². The van der Waals surface area contributed by atoms with Crippen LogP contribution in [0, 0.1) is 29.1 Å². The average molecular weight is 465 g/mol. The van der Waals surface area contributed by atoms with E-state index < -0.39 is 13.9 Å². The number of hydrogen-bond acceptors (Lipinski definition) is 2. The van der Waals surface area contributed by atoms with E-state index in [2.05, 4.69) is 46.4 Å². The van der Waals surface area contributed by atoms with E-state index in [0.29, 0.717) is 24.2 Å². The zero-order valence-corrected chi connectivity index (χ0v) is 21.6. The topological polar surface area (TPSA) is 66.8 Å². The van der Waals surface area contributed by atoms with Crippen LogP contribution in [-0.4, -0.2) is 15.9 Å². The molecular weight excluding hydrogens is 419 g/mol. The van der Waals surface area contributed by atoms with Gasteiger partial charge in [-0.15, -0.1) is 0 Å². The molecule has 2 N–H and O–H groups in total. The third-order valence-corrected chi connectivity index (χ3v) is 9.19. The van der Waals surface area contributed by atoms with Crippen molar-refractivity contribution < 1.29 is 18.9 Å². The Morgan fingerprint density at radius 1 is 1.16 bits per heavy atom. The predicted molar refractivity (Wildman–Crippen MR) is 132 cm³/mol. The summed E-state index contributed by atoms with van der Waals surface area (Å²) in [6, 6.07) is 0. The van der Waals surface area contributed by atoms with Crippen LogP contribution in [0.5, 0.6) is 0 Å². The minimum atomic E-state index is -4.45. The minimum absolute atomic E-state index is 0.412. The molecule has 182 valence electrons. The van der Waals surface area contributed by atoms with Gasteiger partial charge in [0.2, 0.25) is 0 Å². The molecule has 0 heterocycles. The maximum absolute atomic E-state index is 11.3. The van der Waals surface area contributed by atoms with E-state index in [4.69, 9.17) is 4.52 Å².